The maximum absolute atomic E-state index is 14.1. The van der Waals surface area contributed by atoms with Crippen LogP contribution < -0.4 is 5.32 Å². The van der Waals surface area contributed by atoms with Crippen molar-refractivity contribution < 1.29 is 13.6 Å². The predicted molar refractivity (Wildman–Crippen MR) is 113 cm³/mol. The molecule has 0 spiro atoms. The Kier molecular flexibility index (Phi) is 5.03. The summed E-state index contributed by atoms with van der Waals surface area (Å²) in [4.78, 5) is 17.0. The number of hydrogen-bond acceptors (Lipinski definition) is 4. The molecule has 1 aromatic heterocycles. The number of nitrogens with one attached hydrogen (secondary N) is 1. The average molecular weight is 399 g/mol. The van der Waals surface area contributed by atoms with Crippen molar-refractivity contribution in [2.45, 2.75) is 19.8 Å². The van der Waals surface area contributed by atoms with Crippen LogP contribution in [0.25, 0.3) is 22.6 Å². The zero-order valence-electron chi connectivity index (χ0n) is 16.4. The lowest BCUT2D eigenvalue weighted by atomic mass is 10.0. The summed E-state index contributed by atoms with van der Waals surface area (Å²) >= 11 is 0. The highest BCUT2D eigenvalue weighted by molar-refractivity contribution is 6.04. The first-order chi connectivity index (χ1) is 14.4. The Hall–Kier alpha value is -3.98. The fraction of sp³-hybridized carbons (Fsp3) is 0.125. The number of benzene rings is 3. The van der Waals surface area contributed by atoms with Crippen LogP contribution in [0.1, 0.15) is 41.3 Å². The minimum absolute atomic E-state index is 0.137. The van der Waals surface area contributed by atoms with Gasteiger partial charge in [-0.3, -0.25) is 4.79 Å². The number of hydrogen-bond donors (Lipinski definition) is 1. The molecular weight excluding hydrogens is 381 g/mol. The molecule has 0 fully saturated rings. The molecule has 0 unspecified atom stereocenters. The van der Waals surface area contributed by atoms with Crippen LogP contribution in [-0.4, -0.2) is 10.9 Å². The minimum atomic E-state index is -0.748. The van der Waals surface area contributed by atoms with Gasteiger partial charge in [0.1, 0.15) is 11.3 Å². The van der Waals surface area contributed by atoms with E-state index in [1.54, 1.807) is 18.2 Å². The molecule has 148 valence electrons. The largest absolute Gasteiger partial charge is 0.436 e. The molecule has 30 heavy (non-hydrogen) atoms. The Bertz CT molecular complexity index is 1300. The van der Waals surface area contributed by atoms with E-state index in [2.05, 4.69) is 24.1 Å². The van der Waals surface area contributed by atoms with Crippen LogP contribution in [0.3, 0.4) is 0 Å². The summed E-state index contributed by atoms with van der Waals surface area (Å²) in [5.41, 5.74) is 3.81. The van der Waals surface area contributed by atoms with Gasteiger partial charge < -0.3 is 9.73 Å². The number of nitrogens with zero attached hydrogens (tertiary/aromatic N) is 2. The Balaban J connectivity index is 1.61. The average Bonchev–Trinajstić information content (AvgIpc) is 3.17. The monoisotopic (exact) mass is 399 g/mol. The molecule has 0 radical (unpaired) electrons. The summed E-state index contributed by atoms with van der Waals surface area (Å²) < 4.78 is 20.0. The van der Waals surface area contributed by atoms with E-state index in [4.69, 9.17) is 9.68 Å². The molecule has 1 amide bonds. The third kappa shape index (κ3) is 3.78. The summed E-state index contributed by atoms with van der Waals surface area (Å²) in [7, 11) is 0. The first-order valence-electron chi connectivity index (χ1n) is 9.46. The number of anilines is 1. The molecule has 0 atom stereocenters. The van der Waals surface area contributed by atoms with E-state index in [1.165, 1.54) is 17.7 Å². The number of carbonyl (C=O) groups excluding carboxylic acids is 1. The Morgan fingerprint density at radius 3 is 2.70 bits per heavy atom. The number of rotatable bonds is 4. The number of amides is 1. The van der Waals surface area contributed by atoms with Crippen LogP contribution in [0.15, 0.2) is 65.1 Å². The molecule has 0 saturated carbocycles. The number of halogens is 1. The Morgan fingerprint density at radius 2 is 1.97 bits per heavy atom. The van der Waals surface area contributed by atoms with Gasteiger partial charge in [0.05, 0.1) is 17.2 Å². The van der Waals surface area contributed by atoms with E-state index >= 15 is 0 Å². The molecular formula is C24H18FN3O2. The van der Waals surface area contributed by atoms with Crippen LogP contribution in [0, 0.1) is 17.1 Å². The molecule has 4 aromatic rings. The first-order valence-corrected chi connectivity index (χ1v) is 9.46. The number of oxazole rings is 1. The van der Waals surface area contributed by atoms with Gasteiger partial charge >= 0.3 is 0 Å². The molecule has 0 aliphatic carbocycles. The lowest BCUT2D eigenvalue weighted by molar-refractivity contribution is 0.102. The summed E-state index contributed by atoms with van der Waals surface area (Å²) in [5.74, 6) is -0.529. The molecule has 3 aromatic carbocycles. The highest BCUT2D eigenvalue weighted by Gasteiger charge is 2.14. The number of fused-ring (bicyclic) bond motifs is 1. The molecule has 1 N–H and O–H groups in total. The molecule has 0 aliphatic rings. The van der Waals surface area contributed by atoms with Crippen LogP contribution in [-0.2, 0) is 0 Å². The molecule has 4 rings (SSSR count). The van der Waals surface area contributed by atoms with Gasteiger partial charge in [-0.2, -0.15) is 5.26 Å². The van der Waals surface area contributed by atoms with Crippen molar-refractivity contribution in [2.24, 2.45) is 0 Å². The topological polar surface area (TPSA) is 78.9 Å². The molecule has 0 saturated heterocycles. The van der Waals surface area contributed by atoms with Crippen molar-refractivity contribution in [3.8, 4) is 17.5 Å². The van der Waals surface area contributed by atoms with Crippen LogP contribution in [0.5, 0.6) is 0 Å². The molecule has 0 bridgehead atoms. The van der Waals surface area contributed by atoms with Crippen molar-refractivity contribution in [3.05, 3.63) is 83.2 Å². The second kappa shape index (κ2) is 7.80. The minimum Gasteiger partial charge on any atom is -0.436 e. The van der Waals surface area contributed by atoms with Crippen LogP contribution >= 0.6 is 0 Å². The smallest absolute Gasteiger partial charge is 0.258 e. The van der Waals surface area contributed by atoms with Gasteiger partial charge in [-0.25, -0.2) is 9.37 Å². The standard InChI is InChI=1S/C24H18FN3O2/c1-14(2)16-7-9-22-21(12-16)28-24(30-22)17-4-3-5-18(11-17)27-23(29)19-8-6-15(13-26)10-20(19)25/h3-12,14H,1-2H3,(H,27,29). The van der Waals surface area contributed by atoms with Gasteiger partial charge in [0.2, 0.25) is 5.89 Å². The fourth-order valence-electron chi connectivity index (χ4n) is 3.12. The predicted octanol–water partition coefficient (Wildman–Crippen LogP) is 5.88. The summed E-state index contributed by atoms with van der Waals surface area (Å²) in [5, 5.41) is 11.5. The fourth-order valence-corrected chi connectivity index (χ4v) is 3.12. The van der Waals surface area contributed by atoms with Crippen molar-refractivity contribution in [1.29, 1.82) is 5.26 Å². The van der Waals surface area contributed by atoms with E-state index < -0.39 is 11.7 Å². The van der Waals surface area contributed by atoms with Gasteiger partial charge in [0, 0.05) is 11.3 Å². The third-order valence-electron chi connectivity index (χ3n) is 4.79. The van der Waals surface area contributed by atoms with Gasteiger partial charge in [0.15, 0.2) is 5.58 Å². The summed E-state index contributed by atoms with van der Waals surface area (Å²) in [6.07, 6.45) is 0. The molecule has 6 heteroatoms. The quantitative estimate of drug-likeness (QED) is 0.465. The number of aromatic nitrogens is 1. The van der Waals surface area contributed by atoms with Gasteiger partial charge in [-0.15, -0.1) is 0 Å². The third-order valence-corrected chi connectivity index (χ3v) is 4.79. The van der Waals surface area contributed by atoms with Crippen LogP contribution in [0.4, 0.5) is 10.1 Å². The summed E-state index contributed by atoms with van der Waals surface area (Å²) in [6, 6.07) is 18.5. The van der Waals surface area contributed by atoms with Crippen molar-refractivity contribution in [3.63, 3.8) is 0 Å². The zero-order chi connectivity index (χ0) is 21.3. The maximum atomic E-state index is 14.1. The van der Waals surface area contributed by atoms with Crippen LogP contribution in [0.2, 0.25) is 0 Å². The highest BCUT2D eigenvalue weighted by atomic mass is 19.1. The molecule has 1 heterocycles. The normalized spacial score (nSPS) is 10.9. The zero-order valence-corrected chi connectivity index (χ0v) is 16.4. The Labute approximate surface area is 172 Å². The van der Waals surface area contributed by atoms with Crippen molar-refractivity contribution in [2.75, 3.05) is 5.32 Å². The van der Waals surface area contributed by atoms with Crippen molar-refractivity contribution >= 4 is 22.7 Å². The van der Waals surface area contributed by atoms with Gasteiger partial charge in [-0.05, 0) is 60.0 Å². The maximum Gasteiger partial charge on any atom is 0.258 e. The summed E-state index contributed by atoms with van der Waals surface area (Å²) in [6.45, 7) is 4.23. The lowest BCUT2D eigenvalue weighted by Crippen LogP contribution is -2.13. The Morgan fingerprint density at radius 1 is 1.13 bits per heavy atom. The molecule has 0 aliphatic heterocycles. The second-order valence-corrected chi connectivity index (χ2v) is 7.24. The lowest BCUT2D eigenvalue weighted by Gasteiger charge is -2.07. The van der Waals surface area contributed by atoms with E-state index in [9.17, 15) is 9.18 Å². The number of nitriles is 1. The second-order valence-electron chi connectivity index (χ2n) is 7.24. The number of carbonyl (C=O) groups is 1. The first kappa shape index (κ1) is 19.3. The van der Waals surface area contributed by atoms with E-state index in [1.807, 2.05) is 30.3 Å². The van der Waals surface area contributed by atoms with E-state index in [-0.39, 0.29) is 11.1 Å². The molecule has 5 nitrogen and oxygen atoms in total. The van der Waals surface area contributed by atoms with Crippen molar-refractivity contribution in [1.82, 2.24) is 4.98 Å². The van der Waals surface area contributed by atoms with Gasteiger partial charge in [0.25, 0.3) is 5.91 Å². The van der Waals surface area contributed by atoms with E-state index in [0.717, 1.165) is 11.6 Å². The SMILES string of the molecule is CC(C)c1ccc2oc(-c3cccc(NC(=O)c4ccc(C#N)cc4F)c3)nc2c1. The van der Waals surface area contributed by atoms with Gasteiger partial charge in [-0.1, -0.05) is 26.0 Å². The highest BCUT2D eigenvalue weighted by Crippen LogP contribution is 2.28. The van der Waals surface area contributed by atoms with E-state index in [0.29, 0.717) is 28.6 Å².